The first-order valence-corrected chi connectivity index (χ1v) is 12.1. The second-order valence-electron chi connectivity index (χ2n) is 9.49. The molecule has 3 aromatic carbocycles. The number of hydrogen-bond acceptors (Lipinski definition) is 5. The molecule has 1 spiro atoms. The largest absolute Gasteiger partial charge is 0.494 e. The zero-order valence-corrected chi connectivity index (χ0v) is 19.9. The quantitative estimate of drug-likeness (QED) is 0.477. The Balaban J connectivity index is 1.69. The Bertz CT molecular complexity index is 1440. The van der Waals surface area contributed by atoms with E-state index in [1.165, 1.54) is 19.1 Å². The number of fused-ring (bicyclic) bond motifs is 5. The van der Waals surface area contributed by atoms with Crippen LogP contribution in [0.5, 0.6) is 5.75 Å². The highest BCUT2D eigenvalue weighted by molar-refractivity contribution is 6.32. The molecule has 0 aromatic heterocycles. The molecule has 3 aliphatic rings. The van der Waals surface area contributed by atoms with Crippen LogP contribution in [-0.4, -0.2) is 36.0 Å². The molecule has 1 fully saturated rings. The van der Waals surface area contributed by atoms with Gasteiger partial charge in [0.15, 0.2) is 17.3 Å². The number of carbonyl (C=O) groups is 3. The average molecular weight is 482 g/mol. The van der Waals surface area contributed by atoms with Crippen molar-refractivity contribution >= 4 is 29.1 Å². The molecule has 0 bridgehead atoms. The van der Waals surface area contributed by atoms with Gasteiger partial charge in [-0.05, 0) is 38.1 Å². The molecule has 2 heterocycles. The summed E-state index contributed by atoms with van der Waals surface area (Å²) in [6.45, 7) is 3.73. The first-order valence-electron chi connectivity index (χ1n) is 12.1. The molecule has 3 aromatic rings. The second kappa shape index (κ2) is 7.98. The predicted octanol–water partition coefficient (Wildman–Crippen LogP) is 5.25. The van der Waals surface area contributed by atoms with Crippen LogP contribution in [0.1, 0.15) is 51.6 Å². The van der Waals surface area contributed by atoms with Crippen LogP contribution in [0.2, 0.25) is 0 Å². The van der Waals surface area contributed by atoms with Crippen LogP contribution in [0.25, 0.3) is 6.08 Å². The maximum atomic E-state index is 14.4. The Morgan fingerprint density at radius 2 is 1.67 bits per heavy atom. The van der Waals surface area contributed by atoms with E-state index < -0.39 is 29.2 Å². The summed E-state index contributed by atoms with van der Waals surface area (Å²) in [6.07, 6.45) is 3.53. The van der Waals surface area contributed by atoms with Crippen molar-refractivity contribution in [3.8, 4) is 5.75 Å². The van der Waals surface area contributed by atoms with Gasteiger partial charge in [0.05, 0.1) is 18.7 Å². The van der Waals surface area contributed by atoms with Crippen LogP contribution in [0.3, 0.4) is 0 Å². The van der Waals surface area contributed by atoms with Gasteiger partial charge in [0, 0.05) is 33.9 Å². The van der Waals surface area contributed by atoms with Crippen molar-refractivity contribution in [2.75, 3.05) is 11.5 Å². The van der Waals surface area contributed by atoms with E-state index in [9.17, 15) is 18.8 Å². The van der Waals surface area contributed by atoms with Crippen molar-refractivity contribution in [3.63, 3.8) is 0 Å². The van der Waals surface area contributed by atoms with E-state index in [2.05, 4.69) is 0 Å². The molecule has 5 nitrogen and oxygen atoms in total. The van der Waals surface area contributed by atoms with E-state index in [0.29, 0.717) is 40.3 Å². The normalized spacial score (nSPS) is 23.0. The summed E-state index contributed by atoms with van der Waals surface area (Å²) >= 11 is 0. The number of nitrogens with zero attached hydrogens (tertiary/aromatic N) is 1. The molecule has 0 unspecified atom stereocenters. The summed E-state index contributed by atoms with van der Waals surface area (Å²) in [7, 11) is 0. The molecule has 36 heavy (non-hydrogen) atoms. The van der Waals surface area contributed by atoms with Crippen molar-refractivity contribution in [2.45, 2.75) is 31.8 Å². The van der Waals surface area contributed by atoms with Crippen LogP contribution < -0.4 is 9.64 Å². The van der Waals surface area contributed by atoms with E-state index in [1.54, 1.807) is 48.6 Å². The number of Topliss-reactive ketones (excluding diaryl/α,β-unsaturated/α-hetero) is 3. The number of benzene rings is 3. The van der Waals surface area contributed by atoms with Crippen LogP contribution in [0.15, 0.2) is 72.8 Å². The second-order valence-corrected chi connectivity index (χ2v) is 9.49. The summed E-state index contributed by atoms with van der Waals surface area (Å²) in [5.41, 5.74) is 1.02. The molecule has 6 heteroatoms. The third-order valence-electron chi connectivity index (χ3n) is 7.74. The molecule has 0 amide bonds. The third-order valence-corrected chi connectivity index (χ3v) is 7.74. The van der Waals surface area contributed by atoms with Crippen molar-refractivity contribution in [3.05, 3.63) is 101 Å². The van der Waals surface area contributed by atoms with Gasteiger partial charge in [-0.2, -0.15) is 0 Å². The fraction of sp³-hybridized carbons (Fsp3) is 0.233. The van der Waals surface area contributed by atoms with Crippen LogP contribution in [0, 0.1) is 11.2 Å². The van der Waals surface area contributed by atoms with Crippen molar-refractivity contribution < 1.29 is 23.5 Å². The van der Waals surface area contributed by atoms with Crippen molar-refractivity contribution in [2.24, 2.45) is 5.41 Å². The Hall–Kier alpha value is -4.06. The van der Waals surface area contributed by atoms with E-state index in [-0.39, 0.29) is 17.3 Å². The Labute approximate surface area is 208 Å². The predicted molar refractivity (Wildman–Crippen MR) is 134 cm³/mol. The SMILES string of the molecule is CCOc1ccccc1[C@@H]1[C@@H](C(C)=O)N2c3ccc(F)cc3C=C[C@H]2C12C(=O)c1ccccc1C2=O. The minimum absolute atomic E-state index is 0.185. The van der Waals surface area contributed by atoms with Crippen LogP contribution in [-0.2, 0) is 4.79 Å². The molecular weight excluding hydrogens is 457 g/mol. The fourth-order valence-electron chi connectivity index (χ4n) is 6.47. The molecule has 3 atom stereocenters. The third kappa shape index (κ3) is 2.78. The number of ketones is 3. The number of halogens is 1. The van der Waals surface area contributed by atoms with Crippen LogP contribution in [0.4, 0.5) is 10.1 Å². The number of carbonyl (C=O) groups excluding carboxylic acids is 3. The van der Waals surface area contributed by atoms with Gasteiger partial charge in [0.25, 0.3) is 0 Å². The fourth-order valence-corrected chi connectivity index (χ4v) is 6.47. The summed E-state index contributed by atoms with van der Waals surface area (Å²) in [5, 5.41) is 0. The molecule has 1 aliphatic carbocycles. The molecule has 0 radical (unpaired) electrons. The Morgan fingerprint density at radius 1 is 1.00 bits per heavy atom. The molecule has 1 saturated heterocycles. The van der Waals surface area contributed by atoms with Crippen molar-refractivity contribution in [1.82, 2.24) is 0 Å². The highest BCUT2D eigenvalue weighted by atomic mass is 19.1. The van der Waals surface area contributed by atoms with Crippen LogP contribution >= 0.6 is 0 Å². The van der Waals surface area contributed by atoms with E-state index in [0.717, 1.165) is 0 Å². The molecule has 180 valence electrons. The highest BCUT2D eigenvalue weighted by Gasteiger charge is 2.71. The number of ether oxygens (including phenoxy) is 1. The first kappa shape index (κ1) is 22.4. The molecule has 6 rings (SSSR count). The maximum Gasteiger partial charge on any atom is 0.180 e. The van der Waals surface area contributed by atoms with Gasteiger partial charge in [0.2, 0.25) is 0 Å². The lowest BCUT2D eigenvalue weighted by molar-refractivity contribution is -0.118. The first-order chi connectivity index (χ1) is 17.4. The molecular formula is C30H24FNO4. The minimum atomic E-state index is -1.57. The molecule has 0 N–H and O–H groups in total. The smallest absolute Gasteiger partial charge is 0.180 e. The zero-order chi connectivity index (χ0) is 25.2. The van der Waals surface area contributed by atoms with E-state index in [4.69, 9.17) is 4.74 Å². The van der Waals surface area contributed by atoms with E-state index in [1.807, 2.05) is 30.0 Å². The lowest BCUT2D eigenvalue weighted by atomic mass is 9.64. The maximum absolute atomic E-state index is 14.4. The summed E-state index contributed by atoms with van der Waals surface area (Å²) in [5.74, 6) is -1.45. The van der Waals surface area contributed by atoms with Gasteiger partial charge in [-0.3, -0.25) is 14.4 Å². The van der Waals surface area contributed by atoms with E-state index >= 15 is 0 Å². The van der Waals surface area contributed by atoms with Gasteiger partial charge in [-0.1, -0.05) is 54.6 Å². The lowest BCUT2D eigenvalue weighted by Crippen LogP contribution is -2.48. The van der Waals surface area contributed by atoms with Gasteiger partial charge in [0.1, 0.15) is 17.0 Å². The lowest BCUT2D eigenvalue weighted by Gasteiger charge is -2.37. The van der Waals surface area contributed by atoms with Gasteiger partial charge in [-0.15, -0.1) is 0 Å². The van der Waals surface area contributed by atoms with Gasteiger partial charge >= 0.3 is 0 Å². The van der Waals surface area contributed by atoms with Crippen molar-refractivity contribution in [1.29, 1.82) is 0 Å². The topological polar surface area (TPSA) is 63.7 Å². The summed E-state index contributed by atoms with van der Waals surface area (Å²) in [4.78, 5) is 44.1. The Morgan fingerprint density at radius 3 is 2.33 bits per heavy atom. The zero-order valence-electron chi connectivity index (χ0n) is 19.9. The highest BCUT2D eigenvalue weighted by Crippen LogP contribution is 2.61. The average Bonchev–Trinajstić information content (AvgIpc) is 3.31. The monoisotopic (exact) mass is 481 g/mol. The number of para-hydroxylation sites is 1. The number of rotatable bonds is 4. The summed E-state index contributed by atoms with van der Waals surface area (Å²) < 4.78 is 20.1. The molecule has 0 saturated carbocycles. The molecule has 2 aliphatic heterocycles. The van der Waals surface area contributed by atoms with Gasteiger partial charge in [-0.25, -0.2) is 4.39 Å². The summed E-state index contributed by atoms with van der Waals surface area (Å²) in [6, 6.07) is 17.0. The van der Waals surface area contributed by atoms with Gasteiger partial charge < -0.3 is 9.64 Å². The minimum Gasteiger partial charge on any atom is -0.494 e. The standard InChI is InChI=1S/C30H24FNO4/c1-3-36-24-11-7-6-10-22(24)26-27(17(2)33)32-23-14-13-19(31)16-18(23)12-15-25(32)30(26)28(34)20-8-4-5-9-21(20)29(30)35/h4-16,25-27H,3H2,1-2H3/t25-,26+,27+/m0/s1. The number of anilines is 1. The number of hydrogen-bond donors (Lipinski definition) is 0. The Kier molecular flexibility index (Phi) is 4.97.